The molecule has 8 aromatic carbocycles. The number of thiophene rings is 3. The van der Waals surface area contributed by atoms with Gasteiger partial charge in [-0.1, -0.05) is 122 Å². The third-order valence-electron chi connectivity index (χ3n) is 11.6. The number of benzene rings is 8. The van der Waals surface area contributed by atoms with Gasteiger partial charge in [-0.3, -0.25) is 0 Å². The third-order valence-corrected chi connectivity index (χ3v) is 19.9. The standard InChI is InChI=1S/C54H39NO2S6/c1-2-50(56)57-35-28-34-14-3-4-15-36(34)43(29-35)55-30-54(31-58-47-25-11-19-40-37-16-5-8-22-44(37)61-51(40)47,32-59-48-26-12-20-41-38-17-6-9-23-45(38)62-52(41)48)33-60-49-27-13-21-42-39-18-7-10-24-46(39)63-53(42)49/h2-29,55H,1,30-33H2. The van der Waals surface area contributed by atoms with Crippen LogP contribution >= 0.6 is 69.3 Å². The first-order valence-electron chi connectivity index (χ1n) is 20.7. The average Bonchev–Trinajstić information content (AvgIpc) is 4.03. The van der Waals surface area contributed by atoms with Crippen molar-refractivity contribution in [3.8, 4) is 5.75 Å². The Morgan fingerprint density at radius 1 is 0.524 bits per heavy atom. The van der Waals surface area contributed by atoms with Crippen LogP contribution in [0.1, 0.15) is 0 Å². The lowest BCUT2D eigenvalue weighted by molar-refractivity contribution is -0.128. The van der Waals surface area contributed by atoms with Crippen molar-refractivity contribution in [2.75, 3.05) is 29.1 Å². The molecular formula is C54H39NO2S6. The first kappa shape index (κ1) is 40.5. The van der Waals surface area contributed by atoms with Crippen molar-refractivity contribution in [3.05, 3.63) is 176 Å². The summed E-state index contributed by atoms with van der Waals surface area (Å²) in [5.41, 5.74) is 0.694. The van der Waals surface area contributed by atoms with Crippen LogP contribution in [0.2, 0.25) is 0 Å². The molecule has 11 aromatic rings. The molecule has 0 amide bonds. The fraction of sp³-hybridized carbons (Fsp3) is 0.0926. The molecule has 0 aliphatic rings. The number of nitrogens with one attached hydrogen (secondary N) is 1. The Bertz CT molecular complexity index is 3250. The summed E-state index contributed by atoms with van der Waals surface area (Å²) in [4.78, 5) is 16.4. The van der Waals surface area contributed by atoms with Gasteiger partial charge in [0.1, 0.15) is 5.75 Å². The normalized spacial score (nSPS) is 12.1. The smallest absolute Gasteiger partial charge is 0.335 e. The number of anilines is 1. The minimum atomic E-state index is -0.476. The molecule has 0 saturated carbocycles. The Morgan fingerprint density at radius 3 is 1.40 bits per heavy atom. The van der Waals surface area contributed by atoms with Crippen LogP contribution in [-0.4, -0.2) is 29.8 Å². The fourth-order valence-electron chi connectivity index (χ4n) is 8.40. The Kier molecular flexibility index (Phi) is 11.2. The second kappa shape index (κ2) is 17.4. The van der Waals surface area contributed by atoms with Gasteiger partial charge in [-0.2, -0.15) is 0 Å². The number of hydrogen-bond donors (Lipinski definition) is 1. The monoisotopic (exact) mass is 925 g/mol. The lowest BCUT2D eigenvalue weighted by atomic mass is 9.95. The molecule has 0 atom stereocenters. The van der Waals surface area contributed by atoms with Gasteiger partial charge in [0.2, 0.25) is 0 Å². The summed E-state index contributed by atoms with van der Waals surface area (Å²) in [6, 6.07) is 58.9. The van der Waals surface area contributed by atoms with E-state index in [2.05, 4.69) is 157 Å². The molecule has 0 fully saturated rings. The molecule has 3 aromatic heterocycles. The number of carbonyl (C=O) groups is 1. The van der Waals surface area contributed by atoms with Gasteiger partial charge in [0.25, 0.3) is 0 Å². The summed E-state index contributed by atoms with van der Waals surface area (Å²) in [6.07, 6.45) is 1.21. The van der Waals surface area contributed by atoms with E-state index in [9.17, 15) is 4.79 Å². The van der Waals surface area contributed by atoms with Crippen LogP contribution in [0.3, 0.4) is 0 Å². The Morgan fingerprint density at radius 2 is 0.937 bits per heavy atom. The molecule has 11 rings (SSSR count). The second-order valence-corrected chi connectivity index (χ2v) is 21.9. The number of esters is 1. The molecule has 0 saturated heterocycles. The molecule has 0 bridgehead atoms. The van der Waals surface area contributed by atoms with Gasteiger partial charge in [0.15, 0.2) is 0 Å². The summed E-state index contributed by atoms with van der Waals surface area (Å²) < 4.78 is 13.7. The topological polar surface area (TPSA) is 38.3 Å². The lowest BCUT2D eigenvalue weighted by Gasteiger charge is -2.34. The zero-order valence-electron chi connectivity index (χ0n) is 34.0. The van der Waals surface area contributed by atoms with E-state index in [1.807, 2.05) is 87.5 Å². The van der Waals surface area contributed by atoms with E-state index in [1.165, 1.54) is 81.3 Å². The number of fused-ring (bicyclic) bond motifs is 10. The highest BCUT2D eigenvalue weighted by Gasteiger charge is 2.33. The molecule has 63 heavy (non-hydrogen) atoms. The van der Waals surface area contributed by atoms with E-state index in [1.54, 1.807) is 0 Å². The largest absolute Gasteiger partial charge is 0.423 e. The Balaban J connectivity index is 1.03. The molecule has 3 heterocycles. The van der Waals surface area contributed by atoms with Crippen LogP contribution in [0.4, 0.5) is 5.69 Å². The molecule has 0 spiro atoms. The maximum Gasteiger partial charge on any atom is 0.335 e. The van der Waals surface area contributed by atoms with Crippen molar-refractivity contribution < 1.29 is 9.53 Å². The fourth-order valence-corrected chi connectivity index (χ4v) is 16.6. The molecular weight excluding hydrogens is 887 g/mol. The van der Waals surface area contributed by atoms with E-state index < -0.39 is 5.97 Å². The average molecular weight is 926 g/mol. The number of thioether (sulfide) groups is 3. The van der Waals surface area contributed by atoms with E-state index in [0.717, 1.165) is 33.7 Å². The number of hydrogen-bond acceptors (Lipinski definition) is 9. The quantitative estimate of drug-likeness (QED) is 0.0507. The van der Waals surface area contributed by atoms with Gasteiger partial charge in [0.05, 0.1) is 0 Å². The predicted octanol–water partition coefficient (Wildman–Crippen LogP) is 16.8. The first-order valence-corrected chi connectivity index (χ1v) is 26.1. The van der Waals surface area contributed by atoms with Crippen molar-refractivity contribution >= 4 is 152 Å². The zero-order chi connectivity index (χ0) is 42.3. The highest BCUT2D eigenvalue weighted by Crippen LogP contribution is 2.48. The summed E-state index contributed by atoms with van der Waals surface area (Å²) in [5.74, 6) is 2.65. The van der Waals surface area contributed by atoms with E-state index in [4.69, 9.17) is 4.74 Å². The van der Waals surface area contributed by atoms with Crippen LogP contribution < -0.4 is 10.1 Å². The maximum absolute atomic E-state index is 12.5. The third kappa shape index (κ3) is 7.90. The van der Waals surface area contributed by atoms with E-state index in [0.29, 0.717) is 12.3 Å². The van der Waals surface area contributed by atoms with Crippen LogP contribution in [0.25, 0.3) is 71.3 Å². The molecule has 0 radical (unpaired) electrons. The van der Waals surface area contributed by atoms with Gasteiger partial charge in [-0.05, 0) is 47.9 Å². The van der Waals surface area contributed by atoms with Gasteiger partial charge in [-0.15, -0.1) is 69.3 Å². The van der Waals surface area contributed by atoms with Crippen molar-refractivity contribution in [1.82, 2.24) is 0 Å². The van der Waals surface area contributed by atoms with Crippen molar-refractivity contribution in [1.29, 1.82) is 0 Å². The van der Waals surface area contributed by atoms with Crippen LogP contribution in [0.15, 0.2) is 191 Å². The Hall–Kier alpha value is -5.26. The zero-order valence-corrected chi connectivity index (χ0v) is 38.9. The highest BCUT2D eigenvalue weighted by molar-refractivity contribution is 8.01. The van der Waals surface area contributed by atoms with Crippen LogP contribution in [-0.2, 0) is 4.79 Å². The van der Waals surface area contributed by atoms with E-state index >= 15 is 0 Å². The van der Waals surface area contributed by atoms with Crippen molar-refractivity contribution in [3.63, 3.8) is 0 Å². The summed E-state index contributed by atoms with van der Waals surface area (Å²) in [5, 5.41) is 14.0. The minimum absolute atomic E-state index is 0.245. The van der Waals surface area contributed by atoms with Gasteiger partial charge in [0, 0.05) is 128 Å². The summed E-state index contributed by atoms with van der Waals surface area (Å²) >= 11 is 11.6. The van der Waals surface area contributed by atoms with Crippen molar-refractivity contribution in [2.24, 2.45) is 5.41 Å². The number of carbonyl (C=O) groups excluding carboxylic acids is 1. The van der Waals surface area contributed by atoms with Crippen molar-refractivity contribution in [2.45, 2.75) is 14.7 Å². The predicted molar refractivity (Wildman–Crippen MR) is 281 cm³/mol. The summed E-state index contributed by atoms with van der Waals surface area (Å²) in [6.45, 7) is 4.34. The van der Waals surface area contributed by atoms with E-state index in [-0.39, 0.29) is 5.41 Å². The van der Waals surface area contributed by atoms with Crippen LogP contribution in [0.5, 0.6) is 5.75 Å². The van der Waals surface area contributed by atoms with Gasteiger partial charge in [-0.25, -0.2) is 4.79 Å². The molecule has 3 nitrogen and oxygen atoms in total. The second-order valence-electron chi connectivity index (χ2n) is 15.7. The van der Waals surface area contributed by atoms with Crippen LogP contribution in [0, 0.1) is 5.41 Å². The number of rotatable bonds is 14. The molecule has 0 aliphatic carbocycles. The molecule has 9 heteroatoms. The minimum Gasteiger partial charge on any atom is -0.423 e. The first-order chi connectivity index (χ1) is 31.0. The maximum atomic E-state index is 12.5. The Labute approximate surface area is 390 Å². The van der Waals surface area contributed by atoms with Gasteiger partial charge < -0.3 is 10.1 Å². The van der Waals surface area contributed by atoms with Gasteiger partial charge >= 0.3 is 5.97 Å². The molecule has 0 unspecified atom stereocenters. The lowest BCUT2D eigenvalue weighted by Crippen LogP contribution is -2.37. The molecule has 308 valence electrons. The summed E-state index contributed by atoms with van der Waals surface area (Å²) in [7, 11) is 0. The number of ether oxygens (including phenoxy) is 1. The SMILES string of the molecule is C=CC(=O)Oc1cc(NCC(CSc2cccc3c2sc2ccccc23)(CSc2cccc3c2sc2ccccc23)CSc2cccc3c2sc2ccccc23)c2ccccc2c1. The molecule has 1 N–H and O–H groups in total. The highest BCUT2D eigenvalue weighted by atomic mass is 32.2. The molecule has 0 aliphatic heterocycles.